The van der Waals surface area contributed by atoms with E-state index in [1.54, 1.807) is 20.3 Å². The van der Waals surface area contributed by atoms with E-state index >= 15 is 0 Å². The number of benzene rings is 5. The zero-order chi connectivity index (χ0) is 32.3. The molecule has 2 aliphatic heterocycles. The zero-order valence-corrected chi connectivity index (χ0v) is 27.0. The number of anilines is 1. The molecule has 0 amide bonds. The molecular formula is C41H38FNO4. The van der Waals surface area contributed by atoms with E-state index in [2.05, 4.69) is 54.3 Å². The Morgan fingerprint density at radius 2 is 1.64 bits per heavy atom. The predicted molar refractivity (Wildman–Crippen MR) is 185 cm³/mol. The molecule has 0 aromatic heterocycles. The highest BCUT2D eigenvalue weighted by atomic mass is 19.1. The summed E-state index contributed by atoms with van der Waals surface area (Å²) >= 11 is 0. The minimum atomic E-state index is -0.773. The standard InChI is InChI=1S/C41H38FNO4/c1-4-41(46-3)33-11-7-6-10-29(33)37-31-22-34(44)36(45-2)24-32(31)40-38(39(37)41)30(25-12-16-27(42)17-13-25)23-35(47-40)26-14-18-28(19-15-26)43-20-8-5-9-21-43/h6-7,10-19,22-24,35,44H,4-5,8-9,20-21H2,1-3H3. The van der Waals surface area contributed by atoms with Crippen molar-refractivity contribution in [1.82, 2.24) is 0 Å². The third-order valence-electron chi connectivity index (χ3n) is 10.4. The number of fused-ring (bicyclic) bond motifs is 8. The van der Waals surface area contributed by atoms with Crippen LogP contribution in [0.5, 0.6) is 17.2 Å². The number of rotatable bonds is 6. The van der Waals surface area contributed by atoms with Gasteiger partial charge >= 0.3 is 0 Å². The number of methoxy groups -OCH3 is 2. The van der Waals surface area contributed by atoms with Crippen molar-refractivity contribution in [3.8, 4) is 28.4 Å². The number of ether oxygens (including phenoxy) is 3. The molecule has 1 fully saturated rings. The number of phenols is 1. The van der Waals surface area contributed by atoms with E-state index in [-0.39, 0.29) is 11.6 Å². The van der Waals surface area contributed by atoms with Crippen molar-refractivity contribution in [2.75, 3.05) is 32.2 Å². The van der Waals surface area contributed by atoms with Gasteiger partial charge in [0, 0.05) is 42.4 Å². The van der Waals surface area contributed by atoms with Crippen LogP contribution in [0.4, 0.5) is 10.1 Å². The van der Waals surface area contributed by atoms with E-state index in [0.717, 1.165) is 68.4 Å². The van der Waals surface area contributed by atoms with Crippen molar-refractivity contribution in [3.63, 3.8) is 0 Å². The lowest BCUT2D eigenvalue weighted by atomic mass is 9.78. The van der Waals surface area contributed by atoms with E-state index in [9.17, 15) is 9.50 Å². The number of halogens is 1. The van der Waals surface area contributed by atoms with Gasteiger partial charge in [0.05, 0.1) is 7.11 Å². The highest BCUT2D eigenvalue weighted by molar-refractivity contribution is 6.11. The molecule has 238 valence electrons. The van der Waals surface area contributed by atoms with Gasteiger partial charge in [-0.05, 0) is 107 Å². The number of aromatic hydroxyl groups is 1. The monoisotopic (exact) mass is 627 g/mol. The summed E-state index contributed by atoms with van der Waals surface area (Å²) in [5.74, 6) is 0.818. The molecule has 2 heterocycles. The summed E-state index contributed by atoms with van der Waals surface area (Å²) in [6.45, 7) is 4.29. The van der Waals surface area contributed by atoms with Gasteiger partial charge in [-0.15, -0.1) is 0 Å². The molecule has 47 heavy (non-hydrogen) atoms. The molecule has 5 nitrogen and oxygen atoms in total. The van der Waals surface area contributed by atoms with Gasteiger partial charge in [-0.2, -0.15) is 0 Å². The first-order chi connectivity index (χ1) is 23.0. The molecule has 5 aromatic carbocycles. The molecule has 3 aliphatic rings. The summed E-state index contributed by atoms with van der Waals surface area (Å²) in [6, 6.07) is 27.4. The molecule has 1 N–H and O–H groups in total. The average molecular weight is 628 g/mol. The van der Waals surface area contributed by atoms with Crippen LogP contribution in [0.2, 0.25) is 0 Å². The fraction of sp³-hybridized carbons (Fsp3) is 0.268. The van der Waals surface area contributed by atoms with Crippen LogP contribution in [-0.4, -0.2) is 32.4 Å². The Labute approximate surface area is 274 Å². The van der Waals surface area contributed by atoms with Crippen LogP contribution in [0.3, 0.4) is 0 Å². The SMILES string of the molecule is CCC1(OC)c2ccccc2-c2c1c1c(c3cc(OC)c(O)cc23)OC(c2ccc(N3CCCCC3)cc2)C=C1c1ccc(F)cc1. The maximum absolute atomic E-state index is 14.3. The quantitative estimate of drug-likeness (QED) is 0.203. The number of phenolic OH excluding ortho intramolecular Hbond substituents is 1. The van der Waals surface area contributed by atoms with E-state index in [0.29, 0.717) is 17.9 Å². The van der Waals surface area contributed by atoms with Crippen molar-refractivity contribution in [2.45, 2.75) is 44.3 Å². The van der Waals surface area contributed by atoms with Gasteiger partial charge in [0.1, 0.15) is 23.3 Å². The van der Waals surface area contributed by atoms with Gasteiger partial charge in [-0.3, -0.25) is 0 Å². The number of nitrogens with zero attached hydrogens (tertiary/aromatic N) is 1. The topological polar surface area (TPSA) is 51.2 Å². The van der Waals surface area contributed by atoms with Crippen LogP contribution >= 0.6 is 0 Å². The molecular weight excluding hydrogens is 589 g/mol. The second kappa shape index (κ2) is 11.5. The fourth-order valence-electron chi connectivity index (χ4n) is 8.07. The highest BCUT2D eigenvalue weighted by Crippen LogP contribution is 2.61. The number of piperidine rings is 1. The summed E-state index contributed by atoms with van der Waals surface area (Å²) < 4.78 is 33.6. The van der Waals surface area contributed by atoms with Crippen molar-refractivity contribution in [3.05, 3.63) is 125 Å². The van der Waals surface area contributed by atoms with E-state index in [1.165, 1.54) is 37.1 Å². The second-order valence-electron chi connectivity index (χ2n) is 12.7. The summed E-state index contributed by atoms with van der Waals surface area (Å²) in [6.07, 6.45) is 6.14. The minimum Gasteiger partial charge on any atom is -0.504 e. The van der Waals surface area contributed by atoms with Gasteiger partial charge in [-0.25, -0.2) is 4.39 Å². The third-order valence-corrected chi connectivity index (χ3v) is 10.4. The van der Waals surface area contributed by atoms with Gasteiger partial charge in [-0.1, -0.05) is 55.5 Å². The molecule has 2 atom stereocenters. The lowest BCUT2D eigenvalue weighted by Gasteiger charge is -2.36. The largest absolute Gasteiger partial charge is 0.504 e. The summed E-state index contributed by atoms with van der Waals surface area (Å²) in [5, 5.41) is 12.8. The lowest BCUT2D eigenvalue weighted by Crippen LogP contribution is -2.29. The first-order valence-electron chi connectivity index (χ1n) is 16.5. The van der Waals surface area contributed by atoms with Crippen LogP contribution in [0.25, 0.3) is 27.5 Å². The molecule has 6 heteroatoms. The third kappa shape index (κ3) is 4.53. The van der Waals surface area contributed by atoms with Crippen LogP contribution < -0.4 is 14.4 Å². The van der Waals surface area contributed by atoms with Gasteiger partial charge in [0.25, 0.3) is 0 Å². The van der Waals surface area contributed by atoms with E-state index in [1.807, 2.05) is 30.3 Å². The predicted octanol–water partition coefficient (Wildman–Crippen LogP) is 9.53. The Hall–Kier alpha value is -4.81. The summed E-state index contributed by atoms with van der Waals surface area (Å²) in [4.78, 5) is 2.45. The first kappa shape index (κ1) is 29.6. The van der Waals surface area contributed by atoms with Gasteiger partial charge in [0.2, 0.25) is 0 Å². The lowest BCUT2D eigenvalue weighted by molar-refractivity contribution is 0.0221. The fourth-order valence-corrected chi connectivity index (χ4v) is 8.07. The molecule has 8 rings (SSSR count). The van der Waals surface area contributed by atoms with Gasteiger partial charge < -0.3 is 24.2 Å². The normalized spacial score (nSPS) is 19.9. The maximum Gasteiger partial charge on any atom is 0.161 e. The maximum atomic E-state index is 14.3. The van der Waals surface area contributed by atoms with E-state index < -0.39 is 11.7 Å². The smallest absolute Gasteiger partial charge is 0.161 e. The molecule has 0 saturated carbocycles. The molecule has 1 saturated heterocycles. The summed E-state index contributed by atoms with van der Waals surface area (Å²) in [5.41, 5.74) is 8.32. The number of hydrogen-bond acceptors (Lipinski definition) is 5. The molecule has 0 radical (unpaired) electrons. The van der Waals surface area contributed by atoms with Crippen molar-refractivity contribution in [1.29, 1.82) is 0 Å². The Morgan fingerprint density at radius 3 is 2.34 bits per heavy atom. The molecule has 0 bridgehead atoms. The van der Waals surface area contributed by atoms with Crippen LogP contribution in [0.15, 0.2) is 91.0 Å². The van der Waals surface area contributed by atoms with Crippen LogP contribution in [0.1, 0.15) is 66.5 Å². The summed E-state index contributed by atoms with van der Waals surface area (Å²) in [7, 11) is 3.32. The Bertz CT molecular complexity index is 2020. The van der Waals surface area contributed by atoms with Crippen molar-refractivity contribution in [2.24, 2.45) is 0 Å². The van der Waals surface area contributed by atoms with E-state index in [4.69, 9.17) is 14.2 Å². The van der Waals surface area contributed by atoms with Crippen LogP contribution in [-0.2, 0) is 10.3 Å². The molecule has 1 aliphatic carbocycles. The molecule has 5 aromatic rings. The Kier molecular flexibility index (Phi) is 7.21. The van der Waals surface area contributed by atoms with Crippen LogP contribution in [0, 0.1) is 5.82 Å². The molecule has 2 unspecified atom stereocenters. The first-order valence-corrected chi connectivity index (χ1v) is 16.5. The Morgan fingerprint density at radius 1 is 0.894 bits per heavy atom. The van der Waals surface area contributed by atoms with Gasteiger partial charge in [0.15, 0.2) is 11.5 Å². The second-order valence-corrected chi connectivity index (χ2v) is 12.7. The minimum absolute atomic E-state index is 0.0565. The van der Waals surface area contributed by atoms with Crippen molar-refractivity contribution >= 4 is 22.0 Å². The Balaban J connectivity index is 1.42. The number of hydrogen-bond donors (Lipinski definition) is 1. The van der Waals surface area contributed by atoms with Crippen molar-refractivity contribution < 1.29 is 23.7 Å². The molecule has 0 spiro atoms. The zero-order valence-electron chi connectivity index (χ0n) is 27.0. The highest BCUT2D eigenvalue weighted by Gasteiger charge is 2.47. The average Bonchev–Trinajstić information content (AvgIpc) is 3.42.